The van der Waals surface area contributed by atoms with Gasteiger partial charge in [0.05, 0.1) is 15.9 Å². The van der Waals surface area contributed by atoms with E-state index in [9.17, 15) is 20.2 Å². The number of benzene rings is 1. The van der Waals surface area contributed by atoms with Gasteiger partial charge in [0, 0.05) is 22.4 Å². The van der Waals surface area contributed by atoms with Crippen LogP contribution in [-0.2, 0) is 0 Å². The number of halogens is 1. The van der Waals surface area contributed by atoms with Gasteiger partial charge in [0.15, 0.2) is 0 Å². The van der Waals surface area contributed by atoms with Crippen molar-refractivity contribution in [3.8, 4) is 0 Å². The summed E-state index contributed by atoms with van der Waals surface area (Å²) in [4.78, 5) is 20.5. The molecule has 0 aromatic heterocycles. The maximum absolute atomic E-state index is 11.0. The number of nitro benzene ring substituents is 2. The standard InChI is InChI=1S/C11H13BrN2O4/c1-3-9(7(2)12)10-5-4-8(13(15)16)6-11(10)14(17)18/h4-7,9H,3H2,1-2H3. The molecule has 1 aromatic rings. The average molecular weight is 317 g/mol. The number of non-ortho nitro benzene ring substituents is 1. The van der Waals surface area contributed by atoms with E-state index in [1.807, 2.05) is 13.8 Å². The van der Waals surface area contributed by atoms with E-state index in [1.165, 1.54) is 12.1 Å². The molecule has 0 aliphatic carbocycles. The highest BCUT2D eigenvalue weighted by molar-refractivity contribution is 9.09. The van der Waals surface area contributed by atoms with Crippen LogP contribution in [-0.4, -0.2) is 14.7 Å². The molecule has 0 aliphatic heterocycles. The first-order valence-corrected chi connectivity index (χ1v) is 6.36. The summed E-state index contributed by atoms with van der Waals surface area (Å²) in [7, 11) is 0. The van der Waals surface area contributed by atoms with Crippen LogP contribution in [0, 0.1) is 20.2 Å². The Kier molecular flexibility index (Phi) is 4.77. The van der Waals surface area contributed by atoms with Gasteiger partial charge in [-0.2, -0.15) is 0 Å². The van der Waals surface area contributed by atoms with Crippen molar-refractivity contribution in [2.24, 2.45) is 0 Å². The monoisotopic (exact) mass is 316 g/mol. The number of hydrogen-bond donors (Lipinski definition) is 0. The minimum absolute atomic E-state index is 0.0498. The zero-order valence-electron chi connectivity index (χ0n) is 10.00. The van der Waals surface area contributed by atoms with E-state index in [0.717, 1.165) is 6.07 Å². The Bertz CT molecular complexity index is 476. The molecule has 18 heavy (non-hydrogen) atoms. The molecule has 0 spiro atoms. The lowest BCUT2D eigenvalue weighted by molar-refractivity contribution is -0.394. The van der Waals surface area contributed by atoms with E-state index < -0.39 is 9.85 Å². The Labute approximate surface area is 112 Å². The summed E-state index contributed by atoms with van der Waals surface area (Å²) < 4.78 is 0. The number of nitro groups is 2. The lowest BCUT2D eigenvalue weighted by Crippen LogP contribution is -2.10. The predicted molar refractivity (Wildman–Crippen MR) is 71.2 cm³/mol. The van der Waals surface area contributed by atoms with Crippen molar-refractivity contribution in [2.45, 2.75) is 31.0 Å². The first kappa shape index (κ1) is 14.6. The van der Waals surface area contributed by atoms with Crippen LogP contribution in [0.15, 0.2) is 18.2 Å². The van der Waals surface area contributed by atoms with Crippen LogP contribution < -0.4 is 0 Å². The Morgan fingerprint density at radius 2 is 1.89 bits per heavy atom. The molecule has 0 saturated carbocycles. The fraction of sp³-hybridized carbons (Fsp3) is 0.455. The lowest BCUT2D eigenvalue weighted by Gasteiger charge is -2.17. The molecule has 0 aliphatic rings. The number of alkyl halides is 1. The van der Waals surface area contributed by atoms with Crippen molar-refractivity contribution >= 4 is 27.3 Å². The Morgan fingerprint density at radius 1 is 1.28 bits per heavy atom. The summed E-state index contributed by atoms with van der Waals surface area (Å²) in [5.41, 5.74) is 0.0716. The van der Waals surface area contributed by atoms with Crippen LogP contribution in [0.4, 0.5) is 11.4 Å². The van der Waals surface area contributed by atoms with Gasteiger partial charge in [0.1, 0.15) is 0 Å². The second-order valence-corrected chi connectivity index (χ2v) is 5.39. The number of rotatable bonds is 5. The van der Waals surface area contributed by atoms with Crippen molar-refractivity contribution in [1.29, 1.82) is 0 Å². The van der Waals surface area contributed by atoms with Crippen LogP contribution >= 0.6 is 15.9 Å². The molecule has 0 fully saturated rings. The van der Waals surface area contributed by atoms with Gasteiger partial charge in [-0.3, -0.25) is 20.2 Å². The summed E-state index contributed by atoms with van der Waals surface area (Å²) >= 11 is 3.41. The SMILES string of the molecule is CCC(c1ccc([N+](=O)[O-])cc1[N+](=O)[O-])C(C)Br. The summed E-state index contributed by atoms with van der Waals surface area (Å²) in [5.74, 6) is -0.0498. The minimum atomic E-state index is -0.630. The fourth-order valence-electron chi connectivity index (χ4n) is 1.91. The van der Waals surface area contributed by atoms with Gasteiger partial charge in [0.2, 0.25) is 0 Å². The van der Waals surface area contributed by atoms with Gasteiger partial charge >= 0.3 is 0 Å². The van der Waals surface area contributed by atoms with Crippen LogP contribution in [0.3, 0.4) is 0 Å². The Morgan fingerprint density at radius 3 is 2.28 bits per heavy atom. The Balaban J connectivity index is 3.35. The van der Waals surface area contributed by atoms with E-state index in [1.54, 1.807) is 0 Å². The molecular formula is C11H13BrN2O4. The molecule has 7 heteroatoms. The first-order valence-electron chi connectivity index (χ1n) is 5.45. The molecule has 1 rings (SSSR count). The van der Waals surface area contributed by atoms with Gasteiger partial charge in [0.25, 0.3) is 11.4 Å². The highest BCUT2D eigenvalue weighted by Gasteiger charge is 2.26. The molecule has 0 N–H and O–H groups in total. The van der Waals surface area contributed by atoms with Crippen LogP contribution in [0.2, 0.25) is 0 Å². The predicted octanol–water partition coefficient (Wildman–Crippen LogP) is 3.78. The molecule has 0 bridgehead atoms. The highest BCUT2D eigenvalue weighted by atomic mass is 79.9. The van der Waals surface area contributed by atoms with Crippen molar-refractivity contribution in [2.75, 3.05) is 0 Å². The average Bonchev–Trinajstić information content (AvgIpc) is 2.29. The van der Waals surface area contributed by atoms with Crippen molar-refractivity contribution in [3.63, 3.8) is 0 Å². The molecule has 2 unspecified atom stereocenters. The van der Waals surface area contributed by atoms with E-state index >= 15 is 0 Å². The molecule has 0 radical (unpaired) electrons. The molecule has 98 valence electrons. The zero-order valence-corrected chi connectivity index (χ0v) is 11.6. The molecule has 1 aromatic carbocycles. The third kappa shape index (κ3) is 3.04. The fourth-order valence-corrected chi connectivity index (χ4v) is 2.57. The molecular weight excluding hydrogens is 304 g/mol. The van der Waals surface area contributed by atoms with Gasteiger partial charge in [-0.05, 0) is 12.5 Å². The van der Waals surface area contributed by atoms with Gasteiger partial charge in [-0.1, -0.05) is 29.8 Å². The highest BCUT2D eigenvalue weighted by Crippen LogP contribution is 2.36. The zero-order chi connectivity index (χ0) is 13.9. The maximum Gasteiger partial charge on any atom is 0.279 e. The summed E-state index contributed by atoms with van der Waals surface area (Å²) in [6.45, 7) is 3.83. The summed E-state index contributed by atoms with van der Waals surface area (Å²) in [6.07, 6.45) is 0.713. The van der Waals surface area contributed by atoms with Gasteiger partial charge in [-0.25, -0.2) is 0 Å². The molecule has 0 amide bonds. The lowest BCUT2D eigenvalue weighted by atomic mass is 9.92. The van der Waals surface area contributed by atoms with Crippen molar-refractivity contribution in [3.05, 3.63) is 44.0 Å². The normalized spacial score (nSPS) is 13.9. The van der Waals surface area contributed by atoms with Crippen molar-refractivity contribution < 1.29 is 9.85 Å². The second-order valence-electron chi connectivity index (χ2n) is 3.95. The molecule has 6 nitrogen and oxygen atoms in total. The molecule has 0 heterocycles. The van der Waals surface area contributed by atoms with E-state index in [2.05, 4.69) is 15.9 Å². The quantitative estimate of drug-likeness (QED) is 0.470. The number of nitrogens with zero attached hydrogens (tertiary/aromatic N) is 2. The van der Waals surface area contributed by atoms with Crippen LogP contribution in [0.5, 0.6) is 0 Å². The molecule has 2 atom stereocenters. The Hall–Kier alpha value is -1.50. The third-order valence-electron chi connectivity index (χ3n) is 2.82. The largest absolute Gasteiger partial charge is 0.279 e. The smallest absolute Gasteiger partial charge is 0.258 e. The summed E-state index contributed by atoms with van der Waals surface area (Å²) in [5, 5.41) is 21.6. The second kappa shape index (κ2) is 5.90. The van der Waals surface area contributed by atoms with E-state index in [4.69, 9.17) is 0 Å². The first-order chi connectivity index (χ1) is 8.38. The van der Waals surface area contributed by atoms with Gasteiger partial charge < -0.3 is 0 Å². The van der Waals surface area contributed by atoms with E-state index in [0.29, 0.717) is 12.0 Å². The van der Waals surface area contributed by atoms with Crippen LogP contribution in [0.25, 0.3) is 0 Å². The summed E-state index contributed by atoms with van der Waals surface area (Å²) in [6, 6.07) is 3.80. The minimum Gasteiger partial charge on any atom is -0.258 e. The van der Waals surface area contributed by atoms with Gasteiger partial charge in [-0.15, -0.1) is 0 Å². The van der Waals surface area contributed by atoms with Crippen molar-refractivity contribution in [1.82, 2.24) is 0 Å². The van der Waals surface area contributed by atoms with Crippen LogP contribution in [0.1, 0.15) is 31.7 Å². The molecule has 0 saturated heterocycles. The third-order valence-corrected chi connectivity index (χ3v) is 3.45. The number of hydrogen-bond acceptors (Lipinski definition) is 4. The maximum atomic E-state index is 11.0. The topological polar surface area (TPSA) is 86.3 Å². The van der Waals surface area contributed by atoms with E-state index in [-0.39, 0.29) is 22.1 Å².